The van der Waals surface area contributed by atoms with Crippen LogP contribution >= 0.6 is 0 Å². The second-order valence-electron chi connectivity index (χ2n) is 5.10. The third kappa shape index (κ3) is 3.78. The van der Waals surface area contributed by atoms with E-state index in [0.29, 0.717) is 30.5 Å². The molecule has 0 aliphatic carbocycles. The van der Waals surface area contributed by atoms with Crippen LogP contribution < -0.4 is 10.1 Å². The van der Waals surface area contributed by atoms with E-state index in [4.69, 9.17) is 9.26 Å². The average molecular weight is 291 g/mol. The molecule has 1 aromatic carbocycles. The molecule has 112 valence electrons. The summed E-state index contributed by atoms with van der Waals surface area (Å²) in [7, 11) is 0. The molecule has 0 radical (unpaired) electrons. The average Bonchev–Trinajstić information content (AvgIpc) is 2.99. The van der Waals surface area contributed by atoms with Crippen molar-refractivity contribution >= 4 is 0 Å². The fourth-order valence-corrected chi connectivity index (χ4v) is 2.36. The number of hydrogen-bond donors (Lipinski definition) is 1. The Morgan fingerprint density at radius 1 is 1.29 bits per heavy atom. The molecule has 0 amide bonds. The van der Waals surface area contributed by atoms with Gasteiger partial charge in [0.2, 0.25) is 5.89 Å². The zero-order chi connectivity index (χ0) is 14.5. The molecule has 3 rings (SSSR count). The van der Waals surface area contributed by atoms with Crippen molar-refractivity contribution < 1.29 is 13.7 Å². The normalized spacial score (nSPS) is 18.6. The Hall–Kier alpha value is -1.95. The van der Waals surface area contributed by atoms with Crippen molar-refractivity contribution in [2.75, 3.05) is 13.2 Å². The lowest BCUT2D eigenvalue weighted by atomic mass is 10.1. The second-order valence-corrected chi connectivity index (χ2v) is 5.10. The van der Waals surface area contributed by atoms with Crippen LogP contribution in [0.15, 0.2) is 28.8 Å². The Bertz CT molecular complexity index is 565. The summed E-state index contributed by atoms with van der Waals surface area (Å²) in [4.78, 5) is 4.40. The zero-order valence-corrected chi connectivity index (χ0v) is 11.7. The van der Waals surface area contributed by atoms with Crippen LogP contribution in [0.3, 0.4) is 0 Å². The fraction of sp³-hybridized carbons (Fsp3) is 0.467. The highest BCUT2D eigenvalue weighted by Crippen LogP contribution is 2.21. The molecule has 1 aromatic heterocycles. The lowest BCUT2D eigenvalue weighted by Crippen LogP contribution is -2.27. The minimum absolute atomic E-state index is 0.179. The number of benzene rings is 1. The van der Waals surface area contributed by atoms with Gasteiger partial charge in [-0.15, -0.1) is 0 Å². The summed E-state index contributed by atoms with van der Waals surface area (Å²) < 4.78 is 23.6. The molecule has 21 heavy (non-hydrogen) atoms. The molecule has 0 bridgehead atoms. The van der Waals surface area contributed by atoms with E-state index >= 15 is 0 Å². The van der Waals surface area contributed by atoms with Crippen LogP contribution in [0.5, 0.6) is 5.75 Å². The number of piperidine rings is 1. The highest BCUT2D eigenvalue weighted by Gasteiger charge is 2.20. The van der Waals surface area contributed by atoms with Gasteiger partial charge in [0.15, 0.2) is 5.82 Å². The fourth-order valence-electron chi connectivity index (χ4n) is 2.36. The predicted octanol–water partition coefficient (Wildman–Crippen LogP) is 2.64. The first kappa shape index (κ1) is 14.0. The lowest BCUT2D eigenvalue weighted by Gasteiger charge is -2.19. The van der Waals surface area contributed by atoms with Crippen LogP contribution in [0, 0.1) is 5.82 Å². The maximum atomic E-state index is 12.8. The molecule has 1 N–H and O–H groups in total. The van der Waals surface area contributed by atoms with Gasteiger partial charge in [0, 0.05) is 6.42 Å². The van der Waals surface area contributed by atoms with Gasteiger partial charge >= 0.3 is 0 Å². The third-order valence-corrected chi connectivity index (χ3v) is 3.50. The van der Waals surface area contributed by atoms with Crippen LogP contribution in [-0.2, 0) is 6.42 Å². The summed E-state index contributed by atoms with van der Waals surface area (Å²) in [5.74, 6) is 1.66. The van der Waals surface area contributed by atoms with Crippen molar-refractivity contribution in [1.29, 1.82) is 0 Å². The number of nitrogens with zero attached hydrogens (tertiary/aromatic N) is 2. The van der Waals surface area contributed by atoms with Crippen LogP contribution in [-0.4, -0.2) is 23.3 Å². The van der Waals surface area contributed by atoms with Crippen LogP contribution in [0.25, 0.3) is 0 Å². The third-order valence-electron chi connectivity index (χ3n) is 3.50. The highest BCUT2D eigenvalue weighted by atomic mass is 19.1. The first-order valence-electron chi connectivity index (χ1n) is 7.25. The first-order valence-corrected chi connectivity index (χ1v) is 7.25. The number of halogens is 1. The smallest absolute Gasteiger partial charge is 0.243 e. The summed E-state index contributed by atoms with van der Waals surface area (Å²) >= 11 is 0. The van der Waals surface area contributed by atoms with Gasteiger partial charge in [-0.05, 0) is 43.7 Å². The summed E-state index contributed by atoms with van der Waals surface area (Å²) in [6.45, 7) is 1.43. The largest absolute Gasteiger partial charge is 0.493 e. The van der Waals surface area contributed by atoms with E-state index in [0.717, 1.165) is 13.0 Å². The van der Waals surface area contributed by atoms with Gasteiger partial charge in [0.1, 0.15) is 11.6 Å². The van der Waals surface area contributed by atoms with Crippen molar-refractivity contribution in [2.45, 2.75) is 31.7 Å². The van der Waals surface area contributed by atoms with E-state index in [1.807, 2.05) is 0 Å². The number of rotatable bonds is 5. The summed E-state index contributed by atoms with van der Waals surface area (Å²) in [6, 6.07) is 6.12. The molecule has 1 atom stereocenters. The summed E-state index contributed by atoms with van der Waals surface area (Å²) in [5, 5.41) is 7.34. The van der Waals surface area contributed by atoms with E-state index in [1.54, 1.807) is 12.1 Å². The molecule has 1 aliphatic heterocycles. The first-order chi connectivity index (χ1) is 10.3. The van der Waals surface area contributed by atoms with E-state index < -0.39 is 0 Å². The maximum absolute atomic E-state index is 12.8. The van der Waals surface area contributed by atoms with Gasteiger partial charge in [-0.2, -0.15) is 4.98 Å². The molecular formula is C15H18FN3O2. The predicted molar refractivity (Wildman–Crippen MR) is 74.5 cm³/mol. The van der Waals surface area contributed by atoms with Crippen LogP contribution in [0.1, 0.15) is 37.0 Å². The second kappa shape index (κ2) is 6.67. The van der Waals surface area contributed by atoms with Gasteiger partial charge in [-0.3, -0.25) is 0 Å². The van der Waals surface area contributed by atoms with Crippen LogP contribution in [0.4, 0.5) is 4.39 Å². The SMILES string of the molecule is Fc1ccc(OCCc2noc(C3CCCCN3)n2)cc1. The van der Waals surface area contributed by atoms with E-state index in [2.05, 4.69) is 15.5 Å². The maximum Gasteiger partial charge on any atom is 0.243 e. The zero-order valence-electron chi connectivity index (χ0n) is 11.7. The van der Waals surface area contributed by atoms with Crippen molar-refractivity contribution in [3.63, 3.8) is 0 Å². The lowest BCUT2D eigenvalue weighted by molar-refractivity contribution is 0.292. The van der Waals surface area contributed by atoms with Crippen molar-refractivity contribution in [3.05, 3.63) is 41.8 Å². The van der Waals surface area contributed by atoms with Gasteiger partial charge < -0.3 is 14.6 Å². The van der Waals surface area contributed by atoms with Crippen molar-refractivity contribution in [1.82, 2.24) is 15.5 Å². The minimum Gasteiger partial charge on any atom is -0.493 e. The molecule has 6 heteroatoms. The van der Waals surface area contributed by atoms with Crippen molar-refractivity contribution in [3.8, 4) is 5.75 Å². The Morgan fingerprint density at radius 2 is 2.14 bits per heavy atom. The molecule has 2 aromatic rings. The molecule has 0 saturated carbocycles. The van der Waals surface area contributed by atoms with Crippen molar-refractivity contribution in [2.24, 2.45) is 0 Å². The molecule has 5 nitrogen and oxygen atoms in total. The number of ether oxygens (including phenoxy) is 1. The van der Waals surface area contributed by atoms with Gasteiger partial charge in [-0.25, -0.2) is 4.39 Å². The molecule has 2 heterocycles. The Kier molecular flexibility index (Phi) is 4.45. The molecule has 1 saturated heterocycles. The monoisotopic (exact) mass is 291 g/mol. The van der Waals surface area contributed by atoms with E-state index in [9.17, 15) is 4.39 Å². The molecule has 1 fully saturated rings. The summed E-state index contributed by atoms with van der Waals surface area (Å²) in [5.41, 5.74) is 0. The van der Waals surface area contributed by atoms with E-state index in [-0.39, 0.29) is 11.9 Å². The quantitative estimate of drug-likeness (QED) is 0.917. The molecule has 0 spiro atoms. The summed E-state index contributed by atoms with van der Waals surface area (Å²) in [6.07, 6.45) is 3.98. The van der Waals surface area contributed by atoms with Gasteiger partial charge in [0.05, 0.1) is 12.6 Å². The van der Waals surface area contributed by atoms with Gasteiger partial charge in [-0.1, -0.05) is 11.6 Å². The molecular weight excluding hydrogens is 273 g/mol. The standard InChI is InChI=1S/C15H18FN3O2/c16-11-4-6-12(7-5-11)20-10-8-14-18-15(21-19-14)13-3-1-2-9-17-13/h4-7,13,17H,1-3,8-10H2. The number of nitrogens with one attached hydrogen (secondary N) is 1. The number of aromatic nitrogens is 2. The Morgan fingerprint density at radius 3 is 2.90 bits per heavy atom. The topological polar surface area (TPSA) is 60.2 Å². The minimum atomic E-state index is -0.273. The Balaban J connectivity index is 1.49. The highest BCUT2D eigenvalue weighted by molar-refractivity contribution is 5.22. The van der Waals surface area contributed by atoms with Gasteiger partial charge in [0.25, 0.3) is 0 Å². The Labute approximate surface area is 122 Å². The van der Waals surface area contributed by atoms with Crippen LogP contribution in [0.2, 0.25) is 0 Å². The molecule has 1 aliphatic rings. The van der Waals surface area contributed by atoms with E-state index in [1.165, 1.54) is 25.0 Å². The molecule has 1 unspecified atom stereocenters. The number of hydrogen-bond acceptors (Lipinski definition) is 5.